The Balaban J connectivity index is 2.21. The van der Waals surface area contributed by atoms with E-state index < -0.39 is 0 Å². The van der Waals surface area contributed by atoms with Gasteiger partial charge >= 0.3 is 0 Å². The summed E-state index contributed by atoms with van der Waals surface area (Å²) in [5.41, 5.74) is 0. The van der Waals surface area contributed by atoms with Gasteiger partial charge in [0.25, 0.3) is 0 Å². The van der Waals surface area contributed by atoms with Gasteiger partial charge in [-0.2, -0.15) is 11.8 Å². The number of nitrogens with one attached hydrogen (secondary N) is 1. The minimum Gasteiger partial charge on any atom is -0.308 e. The topological polar surface area (TPSA) is 12.0 Å². The van der Waals surface area contributed by atoms with Gasteiger partial charge in [0.2, 0.25) is 0 Å². The Morgan fingerprint density at radius 2 is 2.41 bits per heavy atom. The molecule has 0 aromatic carbocycles. The SMILES string of the molecule is CCCNC(c1sccc1Cl)C1(C)CCCS1. The maximum absolute atomic E-state index is 6.32. The van der Waals surface area contributed by atoms with Crippen LogP contribution in [0.15, 0.2) is 11.4 Å². The van der Waals surface area contributed by atoms with Crippen LogP contribution >= 0.6 is 34.7 Å². The Kier molecular flexibility index (Phi) is 4.81. The molecular formula is C13H20ClNS2. The molecule has 1 aromatic heterocycles. The number of hydrogen-bond donors (Lipinski definition) is 1. The van der Waals surface area contributed by atoms with Crippen molar-refractivity contribution in [1.29, 1.82) is 0 Å². The molecule has 4 heteroatoms. The summed E-state index contributed by atoms with van der Waals surface area (Å²) in [4.78, 5) is 1.32. The molecule has 1 aliphatic rings. The Bertz CT molecular complexity index is 358. The Morgan fingerprint density at radius 1 is 1.59 bits per heavy atom. The van der Waals surface area contributed by atoms with Crippen molar-refractivity contribution < 1.29 is 0 Å². The van der Waals surface area contributed by atoms with Crippen LogP contribution in [0.4, 0.5) is 0 Å². The lowest BCUT2D eigenvalue weighted by Crippen LogP contribution is -2.37. The van der Waals surface area contributed by atoms with E-state index in [0.29, 0.717) is 10.8 Å². The molecule has 0 bridgehead atoms. The second-order valence-electron chi connectivity index (χ2n) is 4.78. The van der Waals surface area contributed by atoms with Gasteiger partial charge in [-0.15, -0.1) is 11.3 Å². The maximum Gasteiger partial charge on any atom is 0.0576 e. The van der Waals surface area contributed by atoms with Crippen molar-refractivity contribution in [2.24, 2.45) is 0 Å². The fourth-order valence-electron chi connectivity index (χ4n) is 2.41. The number of halogens is 1. The molecule has 0 aliphatic carbocycles. The molecule has 1 saturated heterocycles. The van der Waals surface area contributed by atoms with E-state index in [1.54, 1.807) is 11.3 Å². The fraction of sp³-hybridized carbons (Fsp3) is 0.692. The molecule has 1 aliphatic heterocycles. The fourth-order valence-corrected chi connectivity index (χ4v) is 5.29. The smallest absolute Gasteiger partial charge is 0.0576 e. The lowest BCUT2D eigenvalue weighted by atomic mass is 9.94. The zero-order valence-electron chi connectivity index (χ0n) is 10.5. The van der Waals surface area contributed by atoms with Gasteiger partial charge in [-0.3, -0.25) is 0 Å². The molecule has 0 amide bonds. The summed E-state index contributed by atoms with van der Waals surface area (Å²) in [5.74, 6) is 1.28. The molecule has 1 aromatic rings. The molecule has 2 rings (SSSR count). The second-order valence-corrected chi connectivity index (χ2v) is 7.77. The summed E-state index contributed by atoms with van der Waals surface area (Å²) >= 11 is 10.2. The van der Waals surface area contributed by atoms with Crippen LogP contribution in [-0.2, 0) is 0 Å². The van der Waals surface area contributed by atoms with Crippen LogP contribution in [0.5, 0.6) is 0 Å². The first-order chi connectivity index (χ1) is 8.17. The first kappa shape index (κ1) is 13.7. The molecule has 2 unspecified atom stereocenters. The molecule has 96 valence electrons. The minimum atomic E-state index is 0.309. The molecule has 2 heterocycles. The number of thioether (sulfide) groups is 1. The van der Waals surface area contributed by atoms with E-state index in [-0.39, 0.29) is 0 Å². The molecule has 2 atom stereocenters. The standard InChI is InChI=1S/C13H20ClNS2/c1-3-7-15-12(11-10(14)5-9-16-11)13(2)6-4-8-17-13/h5,9,12,15H,3-4,6-8H2,1-2H3. The highest BCUT2D eigenvalue weighted by Gasteiger charge is 2.39. The van der Waals surface area contributed by atoms with Crippen LogP contribution in [0.3, 0.4) is 0 Å². The van der Waals surface area contributed by atoms with Crippen molar-refractivity contribution in [2.45, 2.75) is 43.9 Å². The Labute approximate surface area is 117 Å². The molecule has 0 saturated carbocycles. The number of hydrogen-bond acceptors (Lipinski definition) is 3. The van der Waals surface area contributed by atoms with Crippen LogP contribution in [0.2, 0.25) is 5.02 Å². The van der Waals surface area contributed by atoms with Crippen molar-refractivity contribution >= 4 is 34.7 Å². The molecule has 1 N–H and O–H groups in total. The van der Waals surface area contributed by atoms with E-state index in [1.165, 1.54) is 29.9 Å². The number of thiophene rings is 1. The molecule has 1 fully saturated rings. The second kappa shape index (κ2) is 5.96. The quantitative estimate of drug-likeness (QED) is 0.841. The van der Waals surface area contributed by atoms with Gasteiger partial charge in [0, 0.05) is 9.62 Å². The monoisotopic (exact) mass is 289 g/mol. The average molecular weight is 290 g/mol. The van der Waals surface area contributed by atoms with Crippen molar-refractivity contribution in [2.75, 3.05) is 12.3 Å². The van der Waals surface area contributed by atoms with Gasteiger partial charge in [-0.1, -0.05) is 18.5 Å². The molecule has 0 spiro atoms. The van der Waals surface area contributed by atoms with E-state index >= 15 is 0 Å². The van der Waals surface area contributed by atoms with Gasteiger partial charge < -0.3 is 5.32 Å². The van der Waals surface area contributed by atoms with E-state index in [1.807, 2.05) is 6.07 Å². The van der Waals surface area contributed by atoms with Crippen molar-refractivity contribution in [3.05, 3.63) is 21.3 Å². The van der Waals surface area contributed by atoms with Gasteiger partial charge in [0.15, 0.2) is 0 Å². The summed E-state index contributed by atoms with van der Waals surface area (Å²) in [6, 6.07) is 2.42. The third-order valence-corrected chi connectivity index (χ3v) is 6.38. The van der Waals surface area contributed by atoms with Crippen LogP contribution < -0.4 is 5.32 Å². The van der Waals surface area contributed by atoms with Crippen LogP contribution in [0, 0.1) is 0 Å². The van der Waals surface area contributed by atoms with E-state index in [2.05, 4.69) is 36.3 Å². The maximum atomic E-state index is 6.32. The average Bonchev–Trinajstić information content (AvgIpc) is 2.90. The van der Waals surface area contributed by atoms with Gasteiger partial charge in [0.05, 0.1) is 11.1 Å². The third kappa shape index (κ3) is 3.01. The molecule has 1 nitrogen and oxygen atoms in total. The predicted molar refractivity (Wildman–Crippen MR) is 80.5 cm³/mol. The number of rotatable bonds is 5. The normalized spacial score (nSPS) is 26.3. The molecule has 0 radical (unpaired) electrons. The highest BCUT2D eigenvalue weighted by atomic mass is 35.5. The van der Waals surface area contributed by atoms with Crippen LogP contribution in [0.1, 0.15) is 44.0 Å². The van der Waals surface area contributed by atoms with Crippen LogP contribution in [0.25, 0.3) is 0 Å². The molecule has 17 heavy (non-hydrogen) atoms. The predicted octanol–water partition coefficient (Wildman–Crippen LogP) is 4.73. The summed E-state index contributed by atoms with van der Waals surface area (Å²) in [6.45, 7) is 5.66. The Morgan fingerprint density at radius 3 is 2.94 bits per heavy atom. The van der Waals surface area contributed by atoms with Crippen molar-refractivity contribution in [1.82, 2.24) is 5.32 Å². The lowest BCUT2D eigenvalue weighted by molar-refractivity contribution is 0.418. The largest absolute Gasteiger partial charge is 0.308 e. The van der Waals surface area contributed by atoms with Gasteiger partial charge in [-0.25, -0.2) is 0 Å². The highest BCUT2D eigenvalue weighted by Crippen LogP contribution is 2.49. The van der Waals surface area contributed by atoms with E-state index in [9.17, 15) is 0 Å². The summed E-state index contributed by atoms with van der Waals surface area (Å²) in [6.07, 6.45) is 3.78. The van der Waals surface area contributed by atoms with Crippen LogP contribution in [-0.4, -0.2) is 17.0 Å². The summed E-state index contributed by atoms with van der Waals surface area (Å²) < 4.78 is 0.309. The summed E-state index contributed by atoms with van der Waals surface area (Å²) in [7, 11) is 0. The summed E-state index contributed by atoms with van der Waals surface area (Å²) in [5, 5.41) is 6.73. The Hall–Kier alpha value is 0.300. The van der Waals surface area contributed by atoms with Gasteiger partial charge in [-0.05, 0) is 49.9 Å². The highest BCUT2D eigenvalue weighted by molar-refractivity contribution is 8.00. The first-order valence-corrected chi connectivity index (χ1v) is 8.52. The minimum absolute atomic E-state index is 0.309. The van der Waals surface area contributed by atoms with Crippen molar-refractivity contribution in [3.63, 3.8) is 0 Å². The first-order valence-electron chi connectivity index (χ1n) is 6.27. The molecular weight excluding hydrogens is 270 g/mol. The third-order valence-electron chi connectivity index (χ3n) is 3.37. The lowest BCUT2D eigenvalue weighted by Gasteiger charge is -2.34. The zero-order valence-corrected chi connectivity index (χ0v) is 12.9. The van der Waals surface area contributed by atoms with E-state index in [4.69, 9.17) is 11.6 Å². The zero-order chi connectivity index (χ0) is 12.3. The van der Waals surface area contributed by atoms with Crippen molar-refractivity contribution in [3.8, 4) is 0 Å². The van der Waals surface area contributed by atoms with E-state index in [0.717, 1.165) is 11.6 Å². The van der Waals surface area contributed by atoms with Gasteiger partial charge in [0.1, 0.15) is 0 Å².